The second kappa shape index (κ2) is 6.85. The largest absolute Gasteiger partial charge is 0.453 e. The zero-order chi connectivity index (χ0) is 20.2. The van der Waals surface area contributed by atoms with Crippen LogP contribution in [0.4, 0.5) is 4.79 Å². The lowest BCUT2D eigenvalue weighted by Crippen LogP contribution is -2.61. The Balaban J connectivity index is 1.43. The summed E-state index contributed by atoms with van der Waals surface area (Å²) in [6.07, 6.45) is 14.7. The molecule has 1 amide bonds. The van der Waals surface area contributed by atoms with Crippen LogP contribution in [0.15, 0.2) is 30.6 Å². The van der Waals surface area contributed by atoms with E-state index in [-0.39, 0.29) is 16.9 Å². The molecule has 6 atom stereocenters. The lowest BCUT2D eigenvalue weighted by molar-refractivity contribution is -0.109. The first-order valence-corrected chi connectivity index (χ1v) is 11.4. The van der Waals surface area contributed by atoms with Gasteiger partial charge in [-0.15, -0.1) is 0 Å². The van der Waals surface area contributed by atoms with Crippen molar-refractivity contribution in [2.45, 2.75) is 64.8 Å². The van der Waals surface area contributed by atoms with Gasteiger partial charge >= 0.3 is 6.09 Å². The molecule has 1 saturated heterocycles. The predicted molar refractivity (Wildman–Crippen MR) is 114 cm³/mol. The molecule has 1 aromatic rings. The van der Waals surface area contributed by atoms with E-state index < -0.39 is 0 Å². The van der Waals surface area contributed by atoms with Gasteiger partial charge in [0.05, 0.1) is 7.11 Å². The van der Waals surface area contributed by atoms with Gasteiger partial charge in [0, 0.05) is 25.0 Å². The molecule has 0 N–H and O–H groups in total. The Labute approximate surface area is 174 Å². The maximum Gasteiger partial charge on any atom is 0.409 e. The molecule has 4 aliphatic rings. The molecule has 2 saturated carbocycles. The molecule has 1 aromatic heterocycles. The van der Waals surface area contributed by atoms with E-state index in [1.54, 1.807) is 0 Å². The van der Waals surface area contributed by atoms with Gasteiger partial charge in [0.1, 0.15) is 0 Å². The van der Waals surface area contributed by atoms with E-state index in [4.69, 9.17) is 4.74 Å². The minimum Gasteiger partial charge on any atom is -0.453 e. The molecule has 0 radical (unpaired) electrons. The van der Waals surface area contributed by atoms with E-state index in [1.165, 1.54) is 50.4 Å². The zero-order valence-electron chi connectivity index (χ0n) is 18.1. The van der Waals surface area contributed by atoms with Crippen LogP contribution in [-0.4, -0.2) is 35.7 Å². The van der Waals surface area contributed by atoms with Gasteiger partial charge in [0.2, 0.25) is 0 Å². The summed E-state index contributed by atoms with van der Waals surface area (Å²) in [5, 5.41) is 0. The van der Waals surface area contributed by atoms with Gasteiger partial charge in [0.15, 0.2) is 0 Å². The summed E-state index contributed by atoms with van der Waals surface area (Å²) in [5.41, 5.74) is 3.34. The van der Waals surface area contributed by atoms with E-state index >= 15 is 0 Å². The van der Waals surface area contributed by atoms with Gasteiger partial charge in [-0.25, -0.2) is 4.79 Å². The summed E-state index contributed by atoms with van der Waals surface area (Å²) >= 11 is 0. The van der Waals surface area contributed by atoms with Gasteiger partial charge in [-0.05, 0) is 90.7 Å². The van der Waals surface area contributed by atoms with Crippen molar-refractivity contribution < 1.29 is 9.53 Å². The van der Waals surface area contributed by atoms with Crippen LogP contribution in [0.25, 0.3) is 5.57 Å². The molecule has 1 aliphatic heterocycles. The molecule has 29 heavy (non-hydrogen) atoms. The lowest BCUT2D eigenvalue weighted by Gasteiger charge is -2.62. The Morgan fingerprint density at radius 2 is 2.07 bits per heavy atom. The third-order valence-electron chi connectivity index (χ3n) is 9.27. The number of hydrogen-bond acceptors (Lipinski definition) is 3. The molecule has 2 unspecified atom stereocenters. The van der Waals surface area contributed by atoms with E-state index in [9.17, 15) is 4.79 Å². The first kappa shape index (κ1) is 19.1. The number of likely N-dealkylation sites (tertiary alicyclic amines) is 1. The van der Waals surface area contributed by atoms with Crippen LogP contribution in [0, 0.1) is 28.6 Å². The number of aromatic nitrogens is 1. The van der Waals surface area contributed by atoms with Gasteiger partial charge in [0.25, 0.3) is 0 Å². The summed E-state index contributed by atoms with van der Waals surface area (Å²) in [7, 11) is 1.52. The van der Waals surface area contributed by atoms with Crippen molar-refractivity contribution in [1.29, 1.82) is 0 Å². The SMILES string of the molecule is COC(=O)N1CCC[C@]2(C)C3CC[C@]4(C)C(c5cccnc5)=CC[C@H]4[C@@H]3CCC12. The molecule has 0 spiro atoms. The summed E-state index contributed by atoms with van der Waals surface area (Å²) < 4.78 is 5.14. The highest BCUT2D eigenvalue weighted by molar-refractivity contribution is 5.72. The smallest absolute Gasteiger partial charge is 0.409 e. The minimum atomic E-state index is -0.124. The van der Waals surface area contributed by atoms with Crippen LogP contribution in [0.1, 0.15) is 64.4 Å². The number of amides is 1. The van der Waals surface area contributed by atoms with Crippen LogP contribution in [0.3, 0.4) is 0 Å². The maximum absolute atomic E-state index is 12.4. The number of hydrogen-bond donors (Lipinski definition) is 0. The molecule has 0 aromatic carbocycles. The number of ether oxygens (including phenoxy) is 1. The third kappa shape index (κ3) is 2.70. The number of pyridine rings is 1. The topological polar surface area (TPSA) is 42.4 Å². The first-order chi connectivity index (χ1) is 14.0. The second-order valence-electron chi connectivity index (χ2n) is 10.3. The summed E-state index contributed by atoms with van der Waals surface area (Å²) in [6.45, 7) is 5.85. The van der Waals surface area contributed by atoms with Crippen LogP contribution in [0.5, 0.6) is 0 Å². The van der Waals surface area contributed by atoms with Crippen molar-refractivity contribution in [1.82, 2.24) is 9.88 Å². The monoisotopic (exact) mass is 394 g/mol. The predicted octanol–water partition coefficient (Wildman–Crippen LogP) is 5.55. The number of rotatable bonds is 1. The molecule has 3 aliphatic carbocycles. The highest BCUT2D eigenvalue weighted by Gasteiger charge is 2.59. The standard InChI is InChI=1S/C25H34N2O2/c1-24-13-11-21-18(20(24)9-8-19(24)17-6-4-14-26-16-17)7-10-22-25(21,2)12-5-15-27(22)23(28)29-3/h4,6,8,14,16,18,20-22H,5,7,9-13,15H2,1-3H3/t18-,20-,21?,22?,24+,25+/m0/s1. The number of carbonyl (C=O) groups excluding carboxylic acids is 1. The number of methoxy groups -OCH3 is 1. The number of piperidine rings is 1. The Morgan fingerprint density at radius 1 is 1.21 bits per heavy atom. The number of allylic oxidation sites excluding steroid dienone is 2. The Kier molecular flexibility index (Phi) is 4.52. The van der Waals surface area contributed by atoms with Gasteiger partial charge < -0.3 is 9.64 Å². The Bertz CT molecular complexity index is 821. The summed E-state index contributed by atoms with van der Waals surface area (Å²) in [4.78, 5) is 18.9. The van der Waals surface area contributed by atoms with Crippen LogP contribution >= 0.6 is 0 Å². The maximum atomic E-state index is 12.4. The summed E-state index contributed by atoms with van der Waals surface area (Å²) in [5.74, 6) is 2.20. The molecule has 4 nitrogen and oxygen atoms in total. The number of carbonyl (C=O) groups is 1. The fourth-order valence-electron chi connectivity index (χ4n) is 7.96. The first-order valence-electron chi connectivity index (χ1n) is 11.4. The highest BCUT2D eigenvalue weighted by atomic mass is 16.5. The molecule has 3 fully saturated rings. The molecular formula is C25H34N2O2. The minimum absolute atomic E-state index is 0.124. The molecule has 5 rings (SSSR count). The van der Waals surface area contributed by atoms with E-state index in [0.717, 1.165) is 31.2 Å². The highest BCUT2D eigenvalue weighted by Crippen LogP contribution is 2.66. The lowest BCUT2D eigenvalue weighted by atomic mass is 9.46. The van der Waals surface area contributed by atoms with Gasteiger partial charge in [-0.2, -0.15) is 0 Å². The van der Waals surface area contributed by atoms with E-state index in [0.29, 0.717) is 12.0 Å². The van der Waals surface area contributed by atoms with Crippen molar-refractivity contribution in [2.24, 2.45) is 28.6 Å². The third-order valence-corrected chi connectivity index (χ3v) is 9.27. The van der Waals surface area contributed by atoms with E-state index in [1.807, 2.05) is 12.4 Å². The molecule has 0 bridgehead atoms. The van der Waals surface area contributed by atoms with Crippen LogP contribution in [-0.2, 0) is 4.74 Å². The second-order valence-corrected chi connectivity index (χ2v) is 10.3. The van der Waals surface area contributed by atoms with Gasteiger partial charge in [-0.1, -0.05) is 26.0 Å². The average Bonchev–Trinajstić information content (AvgIpc) is 3.10. The van der Waals surface area contributed by atoms with Crippen molar-refractivity contribution in [2.75, 3.05) is 13.7 Å². The molecule has 156 valence electrons. The summed E-state index contributed by atoms with van der Waals surface area (Å²) in [6, 6.07) is 4.64. The quantitative estimate of drug-likeness (QED) is 0.627. The molecular weight excluding hydrogens is 360 g/mol. The average molecular weight is 395 g/mol. The van der Waals surface area contributed by atoms with Crippen LogP contribution in [0.2, 0.25) is 0 Å². The van der Waals surface area contributed by atoms with Crippen molar-refractivity contribution >= 4 is 11.7 Å². The fraction of sp³-hybridized carbons (Fsp3) is 0.680. The number of fused-ring (bicyclic) bond motifs is 5. The molecule has 4 heteroatoms. The Morgan fingerprint density at radius 3 is 2.83 bits per heavy atom. The van der Waals surface area contributed by atoms with Crippen LogP contribution < -0.4 is 0 Å². The Hall–Kier alpha value is -1.84. The normalized spacial score (nSPS) is 41.1. The van der Waals surface area contributed by atoms with Crippen molar-refractivity contribution in [3.63, 3.8) is 0 Å². The molecule has 2 heterocycles. The number of nitrogens with zero attached hydrogens (tertiary/aromatic N) is 2. The fourth-order valence-corrected chi connectivity index (χ4v) is 7.96. The van der Waals surface area contributed by atoms with E-state index in [2.05, 4.69) is 41.9 Å². The van der Waals surface area contributed by atoms with Crippen molar-refractivity contribution in [3.8, 4) is 0 Å². The van der Waals surface area contributed by atoms with Gasteiger partial charge in [-0.3, -0.25) is 4.98 Å². The zero-order valence-corrected chi connectivity index (χ0v) is 18.1. The van der Waals surface area contributed by atoms with Crippen molar-refractivity contribution in [3.05, 3.63) is 36.2 Å².